The Kier molecular flexibility index (Phi) is 3.35. The van der Waals surface area contributed by atoms with E-state index in [1.807, 2.05) is 13.2 Å². The molecule has 8 heteroatoms. The summed E-state index contributed by atoms with van der Waals surface area (Å²) in [4.78, 5) is 2.09. The Morgan fingerprint density at radius 2 is 2.00 bits per heavy atom. The molecule has 0 amide bonds. The van der Waals surface area contributed by atoms with Crippen molar-refractivity contribution in [3.63, 3.8) is 0 Å². The lowest BCUT2D eigenvalue weighted by Crippen LogP contribution is -2.39. The van der Waals surface area contributed by atoms with Gasteiger partial charge >= 0.3 is 6.18 Å². The van der Waals surface area contributed by atoms with Gasteiger partial charge in [0.2, 0.25) is 5.82 Å². The molecule has 1 aromatic heterocycles. The fourth-order valence-electron chi connectivity index (χ4n) is 1.85. The number of halogens is 3. The molecule has 0 radical (unpaired) electrons. The zero-order valence-corrected chi connectivity index (χ0v) is 10.3. The van der Waals surface area contributed by atoms with Crippen LogP contribution in [-0.4, -0.2) is 37.8 Å². The third-order valence-corrected chi connectivity index (χ3v) is 3.87. The summed E-state index contributed by atoms with van der Waals surface area (Å²) in [5.74, 6) is -0.492. The Morgan fingerprint density at radius 3 is 2.59 bits per heavy atom. The first-order valence-corrected chi connectivity index (χ1v) is 6.48. The van der Waals surface area contributed by atoms with Gasteiger partial charge in [0.05, 0.1) is 11.9 Å². The summed E-state index contributed by atoms with van der Waals surface area (Å²) >= 11 is 1.66. The van der Waals surface area contributed by atoms with Gasteiger partial charge in [0.25, 0.3) is 0 Å². The Bertz CT molecular complexity index is 403. The number of hydrogen-bond acceptors (Lipinski definition) is 4. The number of thioether (sulfide) groups is 1. The zero-order chi connectivity index (χ0) is 12.6. The third-order valence-electron chi connectivity index (χ3n) is 2.89. The average molecular weight is 266 g/mol. The lowest BCUT2D eigenvalue weighted by atomic mass is 10.3. The number of alkyl halides is 3. The first-order valence-electron chi connectivity index (χ1n) is 5.19. The van der Waals surface area contributed by atoms with Crippen molar-refractivity contribution in [2.45, 2.75) is 31.6 Å². The fourth-order valence-corrected chi connectivity index (χ4v) is 2.32. The molecule has 0 fully saturated rings. The van der Waals surface area contributed by atoms with Crippen LogP contribution < -0.4 is 0 Å². The van der Waals surface area contributed by atoms with E-state index in [2.05, 4.69) is 15.1 Å². The molecule has 2 rings (SSSR count). The maximum Gasteiger partial charge on any atom is 0.451 e. The maximum atomic E-state index is 12.6. The summed E-state index contributed by atoms with van der Waals surface area (Å²) in [6, 6.07) is 0. The molecule has 1 aliphatic rings. The van der Waals surface area contributed by atoms with Gasteiger partial charge < -0.3 is 4.57 Å². The van der Waals surface area contributed by atoms with E-state index in [1.54, 1.807) is 11.8 Å². The van der Waals surface area contributed by atoms with Crippen LogP contribution in [0.3, 0.4) is 0 Å². The van der Waals surface area contributed by atoms with Crippen LogP contribution >= 0.6 is 11.8 Å². The van der Waals surface area contributed by atoms with E-state index in [9.17, 15) is 13.2 Å². The summed E-state index contributed by atoms with van der Waals surface area (Å²) in [6.45, 7) is 3.34. The predicted octanol–water partition coefficient (Wildman–Crippen LogP) is 1.82. The quantitative estimate of drug-likeness (QED) is 0.817. The highest BCUT2D eigenvalue weighted by atomic mass is 32.2. The van der Waals surface area contributed by atoms with Crippen LogP contribution in [0.25, 0.3) is 0 Å². The number of fused-ring (bicyclic) bond motifs is 1. The van der Waals surface area contributed by atoms with E-state index >= 15 is 0 Å². The number of rotatable bonds is 2. The standard InChI is InChI=1S/C9H13F3N4S/c1-6(17-2)15-3-4-16-7(5-15)13-14-8(16)9(10,11)12/h6H,3-5H2,1-2H3/t6-/m0/s1. The first-order chi connectivity index (χ1) is 7.93. The van der Waals surface area contributed by atoms with Crippen LogP contribution in [0.2, 0.25) is 0 Å². The van der Waals surface area contributed by atoms with E-state index in [0.29, 0.717) is 25.5 Å². The summed E-state index contributed by atoms with van der Waals surface area (Å²) in [6.07, 6.45) is -2.44. The SMILES string of the molecule is CS[C@@H](C)N1CCn2c(nnc2C(F)(F)F)C1. The molecule has 0 N–H and O–H groups in total. The Hall–Kier alpha value is -0.760. The topological polar surface area (TPSA) is 34.0 Å². The van der Waals surface area contributed by atoms with Gasteiger partial charge in [-0.15, -0.1) is 22.0 Å². The molecule has 1 aromatic rings. The highest BCUT2D eigenvalue weighted by molar-refractivity contribution is 7.99. The highest BCUT2D eigenvalue weighted by Crippen LogP contribution is 2.30. The van der Waals surface area contributed by atoms with Gasteiger partial charge in [-0.05, 0) is 13.2 Å². The summed E-state index contributed by atoms with van der Waals surface area (Å²) in [5, 5.41) is 7.15. The Labute approximate surface area is 101 Å². The maximum absolute atomic E-state index is 12.6. The summed E-state index contributed by atoms with van der Waals surface area (Å²) in [5.41, 5.74) is 0. The fraction of sp³-hybridized carbons (Fsp3) is 0.778. The van der Waals surface area contributed by atoms with Crippen molar-refractivity contribution in [1.82, 2.24) is 19.7 Å². The van der Waals surface area contributed by atoms with Crippen LogP contribution in [-0.2, 0) is 19.3 Å². The minimum absolute atomic E-state index is 0.273. The van der Waals surface area contributed by atoms with Crippen LogP contribution in [0.4, 0.5) is 13.2 Å². The molecular formula is C9H13F3N4S. The molecular weight excluding hydrogens is 253 g/mol. The molecule has 0 saturated carbocycles. The van der Waals surface area contributed by atoms with Crippen molar-refractivity contribution < 1.29 is 13.2 Å². The summed E-state index contributed by atoms with van der Waals surface area (Å²) < 4.78 is 38.9. The van der Waals surface area contributed by atoms with E-state index in [1.165, 1.54) is 4.57 Å². The van der Waals surface area contributed by atoms with E-state index in [0.717, 1.165) is 0 Å². The van der Waals surface area contributed by atoms with Crippen molar-refractivity contribution in [3.8, 4) is 0 Å². The molecule has 0 saturated heterocycles. The second-order valence-corrected chi connectivity index (χ2v) is 5.05. The molecule has 0 unspecified atom stereocenters. The van der Waals surface area contributed by atoms with Gasteiger partial charge in [-0.25, -0.2) is 0 Å². The van der Waals surface area contributed by atoms with Gasteiger partial charge in [0.1, 0.15) is 5.82 Å². The molecule has 2 heterocycles. The number of hydrogen-bond donors (Lipinski definition) is 0. The lowest BCUT2D eigenvalue weighted by molar-refractivity contribution is -0.148. The molecule has 1 atom stereocenters. The lowest BCUT2D eigenvalue weighted by Gasteiger charge is -2.31. The van der Waals surface area contributed by atoms with Crippen LogP contribution in [0, 0.1) is 0 Å². The Morgan fingerprint density at radius 1 is 1.29 bits per heavy atom. The molecule has 0 spiro atoms. The second-order valence-electron chi connectivity index (χ2n) is 3.89. The van der Waals surface area contributed by atoms with Crippen molar-refractivity contribution in [3.05, 3.63) is 11.6 Å². The smallest absolute Gasteiger partial charge is 0.305 e. The van der Waals surface area contributed by atoms with Gasteiger partial charge in [-0.3, -0.25) is 4.90 Å². The second kappa shape index (κ2) is 4.49. The van der Waals surface area contributed by atoms with Crippen LogP contribution in [0.1, 0.15) is 18.6 Å². The van der Waals surface area contributed by atoms with Crippen molar-refractivity contribution >= 4 is 11.8 Å². The molecule has 17 heavy (non-hydrogen) atoms. The van der Waals surface area contributed by atoms with E-state index in [-0.39, 0.29) is 5.37 Å². The summed E-state index contributed by atoms with van der Waals surface area (Å²) in [7, 11) is 0. The van der Waals surface area contributed by atoms with Crippen molar-refractivity contribution in [2.24, 2.45) is 0 Å². The average Bonchev–Trinajstić information content (AvgIpc) is 2.70. The first kappa shape index (κ1) is 12.7. The Balaban J connectivity index is 2.22. The molecule has 96 valence electrons. The zero-order valence-electron chi connectivity index (χ0n) is 9.53. The molecule has 1 aliphatic heterocycles. The number of aromatic nitrogens is 3. The van der Waals surface area contributed by atoms with Crippen LogP contribution in [0.15, 0.2) is 0 Å². The van der Waals surface area contributed by atoms with Gasteiger partial charge in [-0.2, -0.15) is 13.2 Å². The minimum Gasteiger partial charge on any atom is -0.305 e. The third kappa shape index (κ3) is 2.42. The van der Waals surface area contributed by atoms with Crippen molar-refractivity contribution in [1.29, 1.82) is 0 Å². The minimum atomic E-state index is -4.42. The predicted molar refractivity (Wildman–Crippen MR) is 58.4 cm³/mol. The van der Waals surface area contributed by atoms with Gasteiger partial charge in [0, 0.05) is 13.1 Å². The van der Waals surface area contributed by atoms with Gasteiger partial charge in [0.15, 0.2) is 0 Å². The number of nitrogens with zero attached hydrogens (tertiary/aromatic N) is 4. The largest absolute Gasteiger partial charge is 0.451 e. The molecule has 0 aromatic carbocycles. The van der Waals surface area contributed by atoms with E-state index in [4.69, 9.17) is 0 Å². The van der Waals surface area contributed by atoms with Crippen molar-refractivity contribution in [2.75, 3.05) is 12.8 Å². The molecule has 4 nitrogen and oxygen atoms in total. The van der Waals surface area contributed by atoms with E-state index < -0.39 is 12.0 Å². The normalized spacial score (nSPS) is 19.1. The molecule has 0 aliphatic carbocycles. The monoisotopic (exact) mass is 266 g/mol. The van der Waals surface area contributed by atoms with Crippen LogP contribution in [0.5, 0.6) is 0 Å². The van der Waals surface area contributed by atoms with Gasteiger partial charge in [-0.1, -0.05) is 0 Å². The molecule has 0 bridgehead atoms. The highest BCUT2D eigenvalue weighted by Gasteiger charge is 2.39.